The number of nitrogens with zero attached hydrogens (tertiary/aromatic N) is 3. The van der Waals surface area contributed by atoms with Crippen molar-refractivity contribution < 1.29 is 23.7 Å². The van der Waals surface area contributed by atoms with Gasteiger partial charge >= 0.3 is 6.09 Å². The second-order valence-electron chi connectivity index (χ2n) is 8.84. The molecule has 1 heterocycles. The zero-order chi connectivity index (χ0) is 25.1. The molecule has 9 nitrogen and oxygen atoms in total. The molecule has 0 aliphatic carbocycles. The van der Waals surface area contributed by atoms with Crippen molar-refractivity contribution in [2.24, 2.45) is 0 Å². The number of nitrogens with one attached hydrogen (secondary N) is 1. The van der Waals surface area contributed by atoms with E-state index in [9.17, 15) is 4.79 Å². The summed E-state index contributed by atoms with van der Waals surface area (Å²) in [5, 5.41) is 3.30. The van der Waals surface area contributed by atoms with Crippen molar-refractivity contribution in [3.8, 4) is 17.2 Å². The minimum absolute atomic E-state index is 0.242. The highest BCUT2D eigenvalue weighted by Crippen LogP contribution is 2.28. The molecule has 1 aromatic heterocycles. The molecule has 0 bridgehead atoms. The Bertz CT molecular complexity index is 930. The number of aryl methyl sites for hydroxylation is 1. The van der Waals surface area contributed by atoms with E-state index in [1.807, 2.05) is 39.0 Å². The van der Waals surface area contributed by atoms with Gasteiger partial charge in [0.15, 0.2) is 23.1 Å². The van der Waals surface area contributed by atoms with Crippen LogP contribution in [-0.4, -0.2) is 56.1 Å². The standard InChI is InChI=1S/C25H38N4O5/c1-8-9-14-26-22-21(17-27-23(28-22)29(5)24(30)34-25(2,3)4)33-15-10-11-18-12-13-19(31-6)20(16-18)32-7/h12-13,16-17H,8-11,14-15H2,1-7H3,(H,26,27,28). The van der Waals surface area contributed by atoms with Gasteiger partial charge in [0.25, 0.3) is 0 Å². The van der Waals surface area contributed by atoms with Crippen LogP contribution in [0.25, 0.3) is 0 Å². The van der Waals surface area contributed by atoms with Crippen LogP contribution in [0.5, 0.6) is 17.2 Å². The number of unbranched alkanes of at least 4 members (excludes halogenated alkanes) is 1. The third-order valence-corrected chi connectivity index (χ3v) is 4.85. The zero-order valence-corrected chi connectivity index (χ0v) is 21.4. The van der Waals surface area contributed by atoms with Crippen LogP contribution in [0.1, 0.15) is 52.5 Å². The first-order valence-electron chi connectivity index (χ1n) is 11.6. The number of carbonyl (C=O) groups is 1. The fourth-order valence-electron chi connectivity index (χ4n) is 3.05. The van der Waals surface area contributed by atoms with Crippen LogP contribution in [0, 0.1) is 0 Å². The maximum Gasteiger partial charge on any atom is 0.416 e. The number of aromatic nitrogens is 2. The Morgan fingerprint density at radius 3 is 2.47 bits per heavy atom. The van der Waals surface area contributed by atoms with Crippen LogP contribution in [-0.2, 0) is 11.2 Å². The fourth-order valence-corrected chi connectivity index (χ4v) is 3.05. The van der Waals surface area contributed by atoms with E-state index in [1.54, 1.807) is 27.5 Å². The highest BCUT2D eigenvalue weighted by Gasteiger charge is 2.23. The molecule has 1 aromatic carbocycles. The monoisotopic (exact) mass is 474 g/mol. The van der Waals surface area contributed by atoms with Gasteiger partial charge in [-0.1, -0.05) is 19.4 Å². The number of amides is 1. The summed E-state index contributed by atoms with van der Waals surface area (Å²) < 4.78 is 22.1. The lowest BCUT2D eigenvalue weighted by molar-refractivity contribution is 0.0587. The summed E-state index contributed by atoms with van der Waals surface area (Å²) in [6.45, 7) is 8.80. The van der Waals surface area contributed by atoms with E-state index in [0.717, 1.165) is 37.8 Å². The first-order valence-corrected chi connectivity index (χ1v) is 11.6. The van der Waals surface area contributed by atoms with Crippen molar-refractivity contribution >= 4 is 17.9 Å². The Morgan fingerprint density at radius 1 is 1.09 bits per heavy atom. The highest BCUT2D eigenvalue weighted by molar-refractivity contribution is 5.85. The predicted molar refractivity (Wildman–Crippen MR) is 133 cm³/mol. The molecule has 1 amide bonds. The first kappa shape index (κ1) is 27.0. The van der Waals surface area contributed by atoms with Gasteiger partial charge in [-0.05, 0) is 57.7 Å². The number of benzene rings is 1. The highest BCUT2D eigenvalue weighted by atomic mass is 16.6. The summed E-state index contributed by atoms with van der Waals surface area (Å²) in [5.41, 5.74) is 0.526. The summed E-state index contributed by atoms with van der Waals surface area (Å²) in [5.74, 6) is 2.76. The molecule has 2 aromatic rings. The summed E-state index contributed by atoms with van der Waals surface area (Å²) in [7, 11) is 4.83. The minimum Gasteiger partial charge on any atom is -0.493 e. The Kier molecular flexibility index (Phi) is 10.2. The van der Waals surface area contributed by atoms with Crippen LogP contribution in [0.2, 0.25) is 0 Å². The van der Waals surface area contributed by atoms with E-state index < -0.39 is 11.7 Å². The summed E-state index contributed by atoms with van der Waals surface area (Å²) in [4.78, 5) is 22.5. The van der Waals surface area contributed by atoms with Gasteiger partial charge in [-0.3, -0.25) is 0 Å². The maximum atomic E-state index is 12.4. The Balaban J connectivity index is 2.04. The number of methoxy groups -OCH3 is 2. The molecule has 34 heavy (non-hydrogen) atoms. The lowest BCUT2D eigenvalue weighted by Crippen LogP contribution is -2.35. The van der Waals surface area contributed by atoms with E-state index in [-0.39, 0.29) is 5.95 Å². The van der Waals surface area contributed by atoms with Crippen LogP contribution in [0.15, 0.2) is 24.4 Å². The molecule has 0 saturated heterocycles. The van der Waals surface area contributed by atoms with Crippen molar-refractivity contribution in [2.75, 3.05) is 44.6 Å². The Labute approximate surface area is 202 Å². The van der Waals surface area contributed by atoms with Crippen LogP contribution < -0.4 is 24.4 Å². The van der Waals surface area contributed by atoms with Crippen molar-refractivity contribution in [2.45, 2.75) is 59.0 Å². The quantitative estimate of drug-likeness (QED) is 0.425. The molecule has 0 spiro atoms. The molecule has 1 N–H and O–H groups in total. The molecule has 2 rings (SSSR count). The number of anilines is 2. The second-order valence-corrected chi connectivity index (χ2v) is 8.84. The largest absolute Gasteiger partial charge is 0.493 e. The summed E-state index contributed by atoms with van der Waals surface area (Å²) in [6, 6.07) is 5.89. The molecule has 0 fully saturated rings. The SMILES string of the molecule is CCCCNc1nc(N(C)C(=O)OC(C)(C)C)ncc1OCCCc1ccc(OC)c(OC)c1. The minimum atomic E-state index is -0.607. The Morgan fingerprint density at radius 2 is 1.82 bits per heavy atom. The van der Waals surface area contributed by atoms with Crippen molar-refractivity contribution in [1.82, 2.24) is 9.97 Å². The fraction of sp³-hybridized carbons (Fsp3) is 0.560. The molecule has 0 aliphatic heterocycles. The molecule has 0 atom stereocenters. The topological polar surface area (TPSA) is 95.0 Å². The van der Waals surface area contributed by atoms with Crippen LogP contribution >= 0.6 is 0 Å². The Hall–Kier alpha value is -3.23. The van der Waals surface area contributed by atoms with E-state index in [1.165, 1.54) is 4.90 Å². The average molecular weight is 475 g/mol. The van der Waals surface area contributed by atoms with Crippen molar-refractivity contribution in [3.05, 3.63) is 30.0 Å². The number of hydrogen-bond acceptors (Lipinski definition) is 8. The van der Waals surface area contributed by atoms with Gasteiger partial charge in [0.05, 0.1) is 27.0 Å². The molecule has 0 aliphatic rings. The summed E-state index contributed by atoms with van der Waals surface area (Å²) in [6.07, 6.45) is 4.72. The van der Waals surface area contributed by atoms with E-state index in [2.05, 4.69) is 22.2 Å². The number of rotatable bonds is 12. The van der Waals surface area contributed by atoms with E-state index in [4.69, 9.17) is 18.9 Å². The number of carbonyl (C=O) groups excluding carboxylic acids is 1. The van der Waals surface area contributed by atoms with Gasteiger partial charge in [0.1, 0.15) is 5.60 Å². The van der Waals surface area contributed by atoms with Gasteiger partial charge in [0, 0.05) is 13.6 Å². The van der Waals surface area contributed by atoms with Crippen LogP contribution in [0.4, 0.5) is 16.6 Å². The lowest BCUT2D eigenvalue weighted by atomic mass is 10.1. The third-order valence-electron chi connectivity index (χ3n) is 4.85. The first-order chi connectivity index (χ1) is 16.2. The molecular weight excluding hydrogens is 436 g/mol. The van der Waals surface area contributed by atoms with Gasteiger partial charge in [0.2, 0.25) is 5.95 Å². The van der Waals surface area contributed by atoms with Gasteiger partial charge in [-0.2, -0.15) is 4.98 Å². The molecule has 188 valence electrons. The van der Waals surface area contributed by atoms with Crippen molar-refractivity contribution in [1.29, 1.82) is 0 Å². The molecule has 0 radical (unpaired) electrons. The van der Waals surface area contributed by atoms with Crippen molar-refractivity contribution in [3.63, 3.8) is 0 Å². The molecule has 0 saturated carbocycles. The van der Waals surface area contributed by atoms with E-state index in [0.29, 0.717) is 29.7 Å². The third kappa shape index (κ3) is 8.28. The predicted octanol–water partition coefficient (Wildman–Crippen LogP) is 5.09. The smallest absolute Gasteiger partial charge is 0.416 e. The average Bonchev–Trinajstić information content (AvgIpc) is 2.80. The lowest BCUT2D eigenvalue weighted by Gasteiger charge is -2.24. The summed E-state index contributed by atoms with van der Waals surface area (Å²) >= 11 is 0. The van der Waals surface area contributed by atoms with Gasteiger partial charge in [-0.15, -0.1) is 0 Å². The number of ether oxygens (including phenoxy) is 4. The molecule has 0 unspecified atom stereocenters. The molecule has 9 heteroatoms. The second kappa shape index (κ2) is 12.9. The zero-order valence-electron chi connectivity index (χ0n) is 21.4. The van der Waals surface area contributed by atoms with Crippen LogP contribution in [0.3, 0.4) is 0 Å². The molecular formula is C25H38N4O5. The van der Waals surface area contributed by atoms with E-state index >= 15 is 0 Å². The number of hydrogen-bond donors (Lipinski definition) is 1. The van der Waals surface area contributed by atoms with Gasteiger partial charge in [-0.25, -0.2) is 14.7 Å². The maximum absolute atomic E-state index is 12.4. The normalized spacial score (nSPS) is 11.0. The van der Waals surface area contributed by atoms with Gasteiger partial charge < -0.3 is 24.3 Å².